The number of nitrogens with one attached hydrogen (secondary N) is 1. The predicted molar refractivity (Wildman–Crippen MR) is 76.2 cm³/mol. The number of carbonyl (C=O) groups is 4. The average molecular weight is 347 g/mol. The second-order valence-electron chi connectivity index (χ2n) is 5.21. The molecule has 0 aromatic carbocycles. The van der Waals surface area contributed by atoms with Crippen LogP contribution in [0.25, 0.3) is 0 Å². The number of aliphatic hydroxyl groups is 1. The normalized spacial score (nSPS) is 29.3. The fourth-order valence-corrected chi connectivity index (χ4v) is 2.37. The number of hydrogen-bond donors (Lipinski definition) is 2. The van der Waals surface area contributed by atoms with Crippen LogP contribution in [0.3, 0.4) is 0 Å². The molecule has 10 heteroatoms. The Kier molecular flexibility index (Phi) is 7.11. The van der Waals surface area contributed by atoms with Crippen molar-refractivity contribution in [2.24, 2.45) is 0 Å². The van der Waals surface area contributed by atoms with E-state index in [4.69, 9.17) is 18.9 Å². The third kappa shape index (κ3) is 5.46. The van der Waals surface area contributed by atoms with Gasteiger partial charge in [-0.25, -0.2) is 0 Å². The third-order valence-electron chi connectivity index (χ3n) is 3.08. The molecule has 0 saturated carbocycles. The standard InChI is InChI=1S/C14H21NO9/c1-6(17)15-11-13(22-8(3)19)12(21-7(2)18)10(5-16)24-14(11)23-9(4)20/h10-14,16H,5H2,1-4H3,(H,15,17)/t10-,11+,12-,13-,14?/m1/s1. The summed E-state index contributed by atoms with van der Waals surface area (Å²) < 4.78 is 20.6. The molecule has 1 unspecified atom stereocenters. The Morgan fingerprint density at radius 1 is 0.917 bits per heavy atom. The van der Waals surface area contributed by atoms with Crippen molar-refractivity contribution in [3.05, 3.63) is 0 Å². The molecular weight excluding hydrogens is 326 g/mol. The van der Waals surface area contributed by atoms with Gasteiger partial charge in [0.05, 0.1) is 6.61 Å². The quantitative estimate of drug-likeness (QED) is 0.456. The molecule has 1 fully saturated rings. The first-order valence-corrected chi connectivity index (χ1v) is 7.20. The summed E-state index contributed by atoms with van der Waals surface area (Å²) in [6, 6.07) is -1.12. The van der Waals surface area contributed by atoms with E-state index >= 15 is 0 Å². The number of hydrogen-bond acceptors (Lipinski definition) is 9. The second-order valence-corrected chi connectivity index (χ2v) is 5.21. The van der Waals surface area contributed by atoms with E-state index in [0.29, 0.717) is 0 Å². The van der Waals surface area contributed by atoms with E-state index in [0.717, 1.165) is 20.8 Å². The van der Waals surface area contributed by atoms with Crippen LogP contribution in [0.2, 0.25) is 0 Å². The van der Waals surface area contributed by atoms with Crippen molar-refractivity contribution >= 4 is 23.8 Å². The zero-order valence-electron chi connectivity index (χ0n) is 13.8. The average Bonchev–Trinajstić information content (AvgIpc) is 2.42. The van der Waals surface area contributed by atoms with Crippen molar-refractivity contribution < 1.29 is 43.2 Å². The van der Waals surface area contributed by atoms with Gasteiger partial charge < -0.3 is 29.4 Å². The molecule has 0 radical (unpaired) electrons. The number of rotatable bonds is 5. The first-order chi connectivity index (χ1) is 11.1. The summed E-state index contributed by atoms with van der Waals surface area (Å²) in [5, 5.41) is 11.9. The largest absolute Gasteiger partial charge is 0.456 e. The smallest absolute Gasteiger partial charge is 0.305 e. The molecule has 1 heterocycles. The lowest BCUT2D eigenvalue weighted by Gasteiger charge is -2.44. The van der Waals surface area contributed by atoms with Gasteiger partial charge >= 0.3 is 17.9 Å². The number of ether oxygens (including phenoxy) is 4. The van der Waals surface area contributed by atoms with Gasteiger partial charge in [-0.3, -0.25) is 19.2 Å². The lowest BCUT2D eigenvalue weighted by molar-refractivity contribution is -0.269. The molecule has 136 valence electrons. The maximum Gasteiger partial charge on any atom is 0.305 e. The van der Waals surface area contributed by atoms with Crippen molar-refractivity contribution in [3.63, 3.8) is 0 Å². The van der Waals surface area contributed by atoms with E-state index in [-0.39, 0.29) is 0 Å². The molecule has 10 nitrogen and oxygen atoms in total. The van der Waals surface area contributed by atoms with E-state index in [1.54, 1.807) is 0 Å². The number of esters is 3. The summed E-state index contributed by atoms with van der Waals surface area (Å²) in [6.07, 6.45) is -4.86. The topological polar surface area (TPSA) is 137 Å². The summed E-state index contributed by atoms with van der Waals surface area (Å²) in [5.74, 6) is -2.64. The van der Waals surface area contributed by atoms with Crippen LogP contribution in [0, 0.1) is 0 Å². The van der Waals surface area contributed by atoms with Crippen LogP contribution in [-0.2, 0) is 38.1 Å². The molecule has 1 rings (SSSR count). The van der Waals surface area contributed by atoms with E-state index in [1.807, 2.05) is 0 Å². The first kappa shape index (κ1) is 19.8. The van der Waals surface area contributed by atoms with Crippen molar-refractivity contribution in [2.75, 3.05) is 6.61 Å². The maximum atomic E-state index is 11.4. The highest BCUT2D eigenvalue weighted by Gasteiger charge is 2.51. The molecule has 0 bridgehead atoms. The lowest BCUT2D eigenvalue weighted by atomic mass is 9.96. The van der Waals surface area contributed by atoms with Gasteiger partial charge in [0.2, 0.25) is 12.2 Å². The molecular formula is C14H21NO9. The monoisotopic (exact) mass is 347 g/mol. The van der Waals surface area contributed by atoms with Gasteiger partial charge in [0, 0.05) is 27.7 Å². The Hall–Kier alpha value is -2.20. The fraction of sp³-hybridized carbons (Fsp3) is 0.714. The molecule has 5 atom stereocenters. The summed E-state index contributed by atoms with van der Waals surface area (Å²) in [6.45, 7) is 3.99. The molecule has 1 saturated heterocycles. The van der Waals surface area contributed by atoms with Crippen molar-refractivity contribution in [2.45, 2.75) is 58.3 Å². The molecule has 0 aromatic heterocycles. The highest BCUT2D eigenvalue weighted by atomic mass is 16.7. The highest BCUT2D eigenvalue weighted by Crippen LogP contribution is 2.27. The summed E-state index contributed by atoms with van der Waals surface area (Å²) in [4.78, 5) is 45.4. The summed E-state index contributed by atoms with van der Waals surface area (Å²) in [7, 11) is 0. The second kappa shape index (κ2) is 8.60. The molecule has 24 heavy (non-hydrogen) atoms. The molecule has 1 aliphatic heterocycles. The lowest BCUT2D eigenvalue weighted by Crippen LogP contribution is -2.66. The van der Waals surface area contributed by atoms with Gasteiger partial charge in [0.1, 0.15) is 12.1 Å². The molecule has 2 N–H and O–H groups in total. The number of amides is 1. The van der Waals surface area contributed by atoms with Crippen LogP contribution >= 0.6 is 0 Å². The van der Waals surface area contributed by atoms with Crippen molar-refractivity contribution in [3.8, 4) is 0 Å². The Morgan fingerprint density at radius 3 is 1.83 bits per heavy atom. The Balaban J connectivity index is 3.23. The van der Waals surface area contributed by atoms with Gasteiger partial charge in [-0.2, -0.15) is 0 Å². The molecule has 0 spiro atoms. The van der Waals surface area contributed by atoms with Crippen LogP contribution in [0.4, 0.5) is 0 Å². The van der Waals surface area contributed by atoms with Crippen LogP contribution in [0.1, 0.15) is 27.7 Å². The third-order valence-corrected chi connectivity index (χ3v) is 3.08. The number of carbonyl (C=O) groups excluding carboxylic acids is 4. The van der Waals surface area contributed by atoms with E-state index in [9.17, 15) is 24.3 Å². The van der Waals surface area contributed by atoms with Gasteiger partial charge in [-0.15, -0.1) is 0 Å². The zero-order chi connectivity index (χ0) is 18.4. The fourth-order valence-electron chi connectivity index (χ4n) is 2.37. The molecule has 0 aliphatic carbocycles. The molecule has 0 aromatic rings. The van der Waals surface area contributed by atoms with E-state index < -0.39 is 61.1 Å². The minimum atomic E-state index is -1.33. The van der Waals surface area contributed by atoms with Crippen LogP contribution in [0.5, 0.6) is 0 Å². The first-order valence-electron chi connectivity index (χ1n) is 7.20. The molecule has 1 aliphatic rings. The Bertz CT molecular complexity index is 506. The Labute approximate surface area is 138 Å². The zero-order valence-corrected chi connectivity index (χ0v) is 13.8. The number of aliphatic hydroxyl groups excluding tert-OH is 1. The summed E-state index contributed by atoms with van der Waals surface area (Å²) in [5.41, 5.74) is 0. The van der Waals surface area contributed by atoms with Crippen molar-refractivity contribution in [1.29, 1.82) is 0 Å². The van der Waals surface area contributed by atoms with Gasteiger partial charge in [0.25, 0.3) is 0 Å². The van der Waals surface area contributed by atoms with Gasteiger partial charge in [-0.1, -0.05) is 0 Å². The maximum absolute atomic E-state index is 11.4. The van der Waals surface area contributed by atoms with Gasteiger partial charge in [-0.05, 0) is 0 Å². The predicted octanol–water partition coefficient (Wildman–Crippen LogP) is -1.37. The van der Waals surface area contributed by atoms with Gasteiger partial charge in [0.15, 0.2) is 12.2 Å². The van der Waals surface area contributed by atoms with Crippen molar-refractivity contribution in [1.82, 2.24) is 5.32 Å². The van der Waals surface area contributed by atoms with Crippen LogP contribution < -0.4 is 5.32 Å². The SMILES string of the molecule is CC(=O)N[C@@H]1C(OC(C)=O)O[C@H](CO)[C@@H](OC(C)=O)[C@@H]1OC(C)=O. The van der Waals surface area contributed by atoms with E-state index in [2.05, 4.69) is 5.32 Å². The highest BCUT2D eigenvalue weighted by molar-refractivity contribution is 5.74. The Morgan fingerprint density at radius 2 is 1.42 bits per heavy atom. The minimum absolute atomic E-state index is 0.512. The summed E-state index contributed by atoms with van der Waals surface area (Å²) >= 11 is 0. The van der Waals surface area contributed by atoms with E-state index in [1.165, 1.54) is 6.92 Å². The minimum Gasteiger partial charge on any atom is -0.456 e. The van der Waals surface area contributed by atoms with Crippen LogP contribution in [-0.4, -0.2) is 66.2 Å². The molecule has 1 amide bonds. The van der Waals surface area contributed by atoms with Crippen LogP contribution in [0.15, 0.2) is 0 Å².